The van der Waals surface area contributed by atoms with E-state index in [1.165, 1.54) is 15.0 Å². The smallest absolute Gasteiger partial charge is 0.267 e. The SMILES string of the molecule is Cc1cccn2c(=O)c3cc(C(=O)NC4CCCC4)c(=N)n(CCO)c3nc12. The Kier molecular flexibility index (Phi) is 4.72. The van der Waals surface area contributed by atoms with E-state index in [0.29, 0.717) is 11.3 Å². The van der Waals surface area contributed by atoms with Crippen molar-refractivity contribution in [3.8, 4) is 0 Å². The molecule has 0 unspecified atom stereocenters. The van der Waals surface area contributed by atoms with Crippen molar-refractivity contribution in [2.24, 2.45) is 0 Å². The number of aromatic nitrogens is 3. The second-order valence-corrected chi connectivity index (χ2v) is 7.28. The molecule has 1 amide bonds. The van der Waals surface area contributed by atoms with E-state index >= 15 is 0 Å². The first-order chi connectivity index (χ1) is 13.5. The van der Waals surface area contributed by atoms with Crippen LogP contribution in [0, 0.1) is 12.3 Å². The third kappa shape index (κ3) is 2.99. The molecular weight excluding hydrogens is 358 g/mol. The van der Waals surface area contributed by atoms with Crippen LogP contribution >= 0.6 is 0 Å². The maximum Gasteiger partial charge on any atom is 0.267 e. The van der Waals surface area contributed by atoms with Crippen molar-refractivity contribution in [2.45, 2.75) is 45.2 Å². The molecule has 3 aromatic rings. The van der Waals surface area contributed by atoms with Crippen LogP contribution < -0.4 is 16.4 Å². The molecule has 0 aromatic carbocycles. The summed E-state index contributed by atoms with van der Waals surface area (Å²) in [5.41, 5.74) is 1.39. The number of rotatable bonds is 4. The average Bonchev–Trinajstić information content (AvgIpc) is 3.18. The van der Waals surface area contributed by atoms with Crippen molar-refractivity contribution in [3.63, 3.8) is 0 Å². The number of fused-ring (bicyclic) bond motifs is 2. The number of aliphatic hydroxyl groups excluding tert-OH is 1. The molecule has 0 atom stereocenters. The van der Waals surface area contributed by atoms with E-state index in [1.807, 2.05) is 13.0 Å². The quantitative estimate of drug-likeness (QED) is 0.588. The van der Waals surface area contributed by atoms with Gasteiger partial charge in [0, 0.05) is 18.8 Å². The number of pyridine rings is 2. The zero-order valence-corrected chi connectivity index (χ0v) is 15.7. The van der Waals surface area contributed by atoms with Crippen molar-refractivity contribution in [3.05, 3.63) is 51.4 Å². The fourth-order valence-electron chi connectivity index (χ4n) is 3.92. The first-order valence-electron chi connectivity index (χ1n) is 9.53. The van der Waals surface area contributed by atoms with Gasteiger partial charge in [-0.2, -0.15) is 0 Å². The third-order valence-corrected chi connectivity index (χ3v) is 5.39. The van der Waals surface area contributed by atoms with Gasteiger partial charge in [0.05, 0.1) is 17.6 Å². The Balaban J connectivity index is 1.97. The number of carbonyl (C=O) groups excluding carboxylic acids is 1. The van der Waals surface area contributed by atoms with Crippen LogP contribution in [0.2, 0.25) is 0 Å². The molecule has 28 heavy (non-hydrogen) atoms. The lowest BCUT2D eigenvalue weighted by atomic mass is 10.1. The van der Waals surface area contributed by atoms with E-state index in [1.54, 1.807) is 12.3 Å². The van der Waals surface area contributed by atoms with Crippen LogP contribution in [-0.2, 0) is 6.54 Å². The van der Waals surface area contributed by atoms with Gasteiger partial charge in [-0.05, 0) is 37.5 Å². The van der Waals surface area contributed by atoms with E-state index in [-0.39, 0.29) is 47.1 Å². The molecule has 3 heterocycles. The molecule has 0 radical (unpaired) electrons. The maximum absolute atomic E-state index is 13.1. The summed E-state index contributed by atoms with van der Waals surface area (Å²) in [4.78, 5) is 30.5. The van der Waals surface area contributed by atoms with Crippen LogP contribution in [0.5, 0.6) is 0 Å². The van der Waals surface area contributed by atoms with Gasteiger partial charge in [0.25, 0.3) is 11.5 Å². The standard InChI is InChI=1S/C20H23N5O3/c1-12-5-4-8-25-17(12)23-18-15(20(25)28)11-14(16(21)24(18)9-10-26)19(27)22-13-6-2-3-7-13/h4-5,8,11,13,21,26H,2-3,6-7,9-10H2,1H3,(H,22,27). The highest BCUT2D eigenvalue weighted by Crippen LogP contribution is 2.18. The van der Waals surface area contributed by atoms with E-state index in [0.717, 1.165) is 31.2 Å². The predicted octanol–water partition coefficient (Wildman–Crippen LogP) is 1.10. The number of aliphatic hydroxyl groups is 1. The Hall–Kier alpha value is -3.00. The summed E-state index contributed by atoms with van der Waals surface area (Å²) in [6.07, 6.45) is 5.66. The van der Waals surface area contributed by atoms with Gasteiger partial charge in [0.2, 0.25) is 0 Å². The fourth-order valence-corrected chi connectivity index (χ4v) is 3.92. The number of aryl methyl sites for hydroxylation is 1. The number of nitrogens with zero attached hydrogens (tertiary/aromatic N) is 3. The first kappa shape index (κ1) is 18.4. The number of hydrogen-bond acceptors (Lipinski definition) is 5. The molecule has 0 spiro atoms. The van der Waals surface area contributed by atoms with Gasteiger partial charge in [0.15, 0.2) is 0 Å². The summed E-state index contributed by atoms with van der Waals surface area (Å²) in [7, 11) is 0. The van der Waals surface area contributed by atoms with Gasteiger partial charge in [0.1, 0.15) is 16.8 Å². The summed E-state index contributed by atoms with van der Waals surface area (Å²) in [6.45, 7) is 1.71. The van der Waals surface area contributed by atoms with Gasteiger partial charge in [-0.25, -0.2) is 4.98 Å². The topological polar surface area (TPSA) is 112 Å². The lowest BCUT2D eigenvalue weighted by Gasteiger charge is -2.16. The van der Waals surface area contributed by atoms with E-state index in [9.17, 15) is 14.7 Å². The molecule has 3 aromatic heterocycles. The minimum Gasteiger partial charge on any atom is -0.395 e. The molecule has 0 aliphatic heterocycles. The van der Waals surface area contributed by atoms with Gasteiger partial charge >= 0.3 is 0 Å². The first-order valence-corrected chi connectivity index (χ1v) is 9.53. The van der Waals surface area contributed by atoms with Crippen LogP contribution in [0.1, 0.15) is 41.6 Å². The molecule has 3 N–H and O–H groups in total. The molecule has 0 saturated heterocycles. The Labute approximate surface area is 161 Å². The van der Waals surface area contributed by atoms with Gasteiger partial charge in [-0.15, -0.1) is 0 Å². The molecule has 1 fully saturated rings. The zero-order valence-electron chi connectivity index (χ0n) is 15.7. The molecular formula is C20H23N5O3. The summed E-state index contributed by atoms with van der Waals surface area (Å²) in [5.74, 6) is -0.362. The summed E-state index contributed by atoms with van der Waals surface area (Å²) < 4.78 is 2.88. The normalized spacial score (nSPS) is 14.8. The van der Waals surface area contributed by atoms with Crippen molar-refractivity contribution in [1.29, 1.82) is 5.41 Å². The highest BCUT2D eigenvalue weighted by atomic mass is 16.3. The second-order valence-electron chi connectivity index (χ2n) is 7.28. The molecule has 4 rings (SSSR count). The fraction of sp³-hybridized carbons (Fsp3) is 0.400. The van der Waals surface area contributed by atoms with E-state index in [4.69, 9.17) is 5.41 Å². The van der Waals surface area contributed by atoms with Gasteiger partial charge in [-0.3, -0.25) is 19.4 Å². The van der Waals surface area contributed by atoms with E-state index < -0.39 is 0 Å². The lowest BCUT2D eigenvalue weighted by molar-refractivity contribution is 0.0935. The third-order valence-electron chi connectivity index (χ3n) is 5.39. The van der Waals surface area contributed by atoms with Crippen LogP contribution in [0.25, 0.3) is 16.7 Å². The van der Waals surface area contributed by atoms with E-state index in [2.05, 4.69) is 10.3 Å². The Morgan fingerprint density at radius 2 is 2.11 bits per heavy atom. The van der Waals surface area contributed by atoms with Crippen LogP contribution in [-0.4, -0.2) is 37.6 Å². The number of nitrogens with one attached hydrogen (secondary N) is 2. The zero-order chi connectivity index (χ0) is 19.8. The van der Waals surface area contributed by atoms with Crippen LogP contribution in [0.4, 0.5) is 0 Å². The average molecular weight is 381 g/mol. The minimum absolute atomic E-state index is 0.0538. The van der Waals surface area contributed by atoms with Crippen molar-refractivity contribution in [1.82, 2.24) is 19.3 Å². The largest absolute Gasteiger partial charge is 0.395 e. The number of amides is 1. The van der Waals surface area contributed by atoms with Crippen molar-refractivity contribution < 1.29 is 9.90 Å². The van der Waals surface area contributed by atoms with Gasteiger partial charge < -0.3 is 15.0 Å². The molecule has 146 valence electrons. The number of hydrogen-bond donors (Lipinski definition) is 3. The lowest BCUT2D eigenvalue weighted by Crippen LogP contribution is -2.39. The number of carbonyl (C=O) groups is 1. The Bertz CT molecular complexity index is 1190. The minimum atomic E-state index is -0.362. The molecule has 1 aliphatic carbocycles. The van der Waals surface area contributed by atoms with Gasteiger partial charge in [-0.1, -0.05) is 18.9 Å². The van der Waals surface area contributed by atoms with Crippen molar-refractivity contribution in [2.75, 3.05) is 6.61 Å². The molecule has 8 nitrogen and oxygen atoms in total. The molecule has 8 heteroatoms. The summed E-state index contributed by atoms with van der Waals surface area (Å²) >= 11 is 0. The summed E-state index contributed by atoms with van der Waals surface area (Å²) in [5, 5.41) is 21.2. The Morgan fingerprint density at radius 3 is 2.82 bits per heavy atom. The monoisotopic (exact) mass is 381 g/mol. The predicted molar refractivity (Wildman–Crippen MR) is 104 cm³/mol. The highest BCUT2D eigenvalue weighted by molar-refractivity contribution is 5.97. The maximum atomic E-state index is 13.1. The molecule has 1 aliphatic rings. The second kappa shape index (κ2) is 7.20. The van der Waals surface area contributed by atoms with Crippen molar-refractivity contribution >= 4 is 22.6 Å². The molecule has 1 saturated carbocycles. The highest BCUT2D eigenvalue weighted by Gasteiger charge is 2.21. The summed E-state index contributed by atoms with van der Waals surface area (Å²) in [6, 6.07) is 5.19. The Morgan fingerprint density at radius 1 is 1.36 bits per heavy atom. The van der Waals surface area contributed by atoms with Crippen LogP contribution in [0.15, 0.2) is 29.2 Å². The van der Waals surface area contributed by atoms with Crippen LogP contribution in [0.3, 0.4) is 0 Å². The molecule has 0 bridgehead atoms.